The number of hydrogen-bond donors (Lipinski definition) is 1. The molecule has 0 saturated heterocycles. The Morgan fingerprint density at radius 3 is 1.89 bits per heavy atom. The van der Waals surface area contributed by atoms with E-state index in [4.69, 9.17) is 18.9 Å². The molecule has 0 radical (unpaired) electrons. The number of allylic oxidation sites excluding steroid dienone is 2. The van der Waals surface area contributed by atoms with Gasteiger partial charge in [-0.2, -0.15) is 0 Å². The number of ether oxygens (including phenoxy) is 4. The molecule has 0 fully saturated rings. The lowest BCUT2D eigenvalue weighted by atomic mass is 9.80. The lowest BCUT2D eigenvalue weighted by Crippen LogP contribution is -2.32. The number of hydrogen-bond acceptors (Lipinski definition) is 7. The smallest absolute Gasteiger partial charge is 0.336 e. The lowest BCUT2D eigenvalue weighted by Gasteiger charge is -2.31. The number of methoxy groups -OCH3 is 2. The fourth-order valence-corrected chi connectivity index (χ4v) is 3.40. The van der Waals surface area contributed by atoms with Gasteiger partial charge in [0.15, 0.2) is 11.5 Å². The maximum Gasteiger partial charge on any atom is 0.336 e. The number of carbonyl (C=O) groups is 2. The first-order valence-corrected chi connectivity index (χ1v) is 9.14. The lowest BCUT2D eigenvalue weighted by molar-refractivity contribution is -0.139. The van der Waals surface area contributed by atoms with Gasteiger partial charge >= 0.3 is 11.9 Å². The van der Waals surface area contributed by atoms with Crippen LogP contribution >= 0.6 is 0 Å². The van der Waals surface area contributed by atoms with E-state index in [0.717, 1.165) is 0 Å². The Balaban J connectivity index is 2.77. The number of benzene rings is 1. The molecule has 0 atom stereocenters. The highest BCUT2D eigenvalue weighted by Crippen LogP contribution is 2.45. The second-order valence-corrected chi connectivity index (χ2v) is 6.16. The molecule has 0 bridgehead atoms. The molecule has 1 heterocycles. The topological polar surface area (TPSA) is 83.1 Å². The SMILES string of the molecule is CCOC(=O)C1=C(C)NC(C)=C(C(=O)OCC)C1c1cccc(OC)c1OC. The van der Waals surface area contributed by atoms with Crippen molar-refractivity contribution in [3.05, 3.63) is 46.3 Å². The molecule has 0 aliphatic carbocycles. The molecular formula is C21H27NO6. The normalized spacial score (nSPS) is 14.5. The van der Waals surface area contributed by atoms with E-state index in [0.29, 0.717) is 39.6 Å². The van der Waals surface area contributed by atoms with Crippen LogP contribution in [0.1, 0.15) is 39.2 Å². The molecule has 1 aromatic rings. The third-order valence-corrected chi connectivity index (χ3v) is 4.50. The highest BCUT2D eigenvalue weighted by atomic mass is 16.5. The summed E-state index contributed by atoms with van der Waals surface area (Å²) in [6.07, 6.45) is 0. The number of nitrogens with one attached hydrogen (secondary N) is 1. The minimum atomic E-state index is -0.718. The third kappa shape index (κ3) is 3.98. The quantitative estimate of drug-likeness (QED) is 0.718. The number of dihydropyridines is 1. The van der Waals surface area contributed by atoms with Crippen LogP contribution in [-0.4, -0.2) is 39.4 Å². The fourth-order valence-electron chi connectivity index (χ4n) is 3.40. The molecule has 1 aliphatic heterocycles. The largest absolute Gasteiger partial charge is 0.493 e. The number of rotatable bonds is 7. The first-order chi connectivity index (χ1) is 13.4. The van der Waals surface area contributed by atoms with Gasteiger partial charge in [0.05, 0.1) is 44.5 Å². The molecule has 0 amide bonds. The van der Waals surface area contributed by atoms with Crippen LogP contribution in [0.5, 0.6) is 11.5 Å². The van der Waals surface area contributed by atoms with Crippen LogP contribution in [0.3, 0.4) is 0 Å². The first-order valence-electron chi connectivity index (χ1n) is 9.14. The molecule has 0 spiro atoms. The van der Waals surface area contributed by atoms with Crippen LogP contribution in [0.25, 0.3) is 0 Å². The fraction of sp³-hybridized carbons (Fsp3) is 0.429. The van der Waals surface area contributed by atoms with Gasteiger partial charge in [0.25, 0.3) is 0 Å². The molecule has 1 aliphatic rings. The Kier molecular flexibility index (Phi) is 7.09. The minimum absolute atomic E-state index is 0.217. The standard InChI is InChI=1S/C21H27NO6/c1-7-27-20(23)16-12(3)22-13(4)17(21(24)28-8-2)18(16)14-10-9-11-15(25-5)19(14)26-6/h9-11,18,22H,7-8H2,1-6H3. The molecule has 152 valence electrons. The van der Waals surface area contributed by atoms with E-state index >= 15 is 0 Å². The van der Waals surface area contributed by atoms with E-state index in [-0.39, 0.29) is 13.2 Å². The molecule has 2 rings (SSSR count). The average molecular weight is 389 g/mol. The van der Waals surface area contributed by atoms with Gasteiger partial charge < -0.3 is 24.3 Å². The van der Waals surface area contributed by atoms with Gasteiger partial charge in [-0.15, -0.1) is 0 Å². The zero-order valence-corrected chi connectivity index (χ0v) is 17.2. The second-order valence-electron chi connectivity index (χ2n) is 6.16. The highest BCUT2D eigenvalue weighted by Gasteiger charge is 2.39. The van der Waals surface area contributed by atoms with Gasteiger partial charge in [0.2, 0.25) is 0 Å². The first kappa shape index (κ1) is 21.3. The number of carbonyl (C=O) groups excluding carboxylic acids is 2. The Bertz CT molecular complexity index is 784. The van der Waals surface area contributed by atoms with Gasteiger partial charge in [0, 0.05) is 17.0 Å². The summed E-state index contributed by atoms with van der Waals surface area (Å²) in [5.74, 6) is -0.779. The van der Waals surface area contributed by atoms with E-state index < -0.39 is 17.9 Å². The van der Waals surface area contributed by atoms with Crippen LogP contribution in [0.2, 0.25) is 0 Å². The average Bonchev–Trinajstić information content (AvgIpc) is 2.66. The van der Waals surface area contributed by atoms with Gasteiger partial charge in [0.1, 0.15) is 0 Å². The van der Waals surface area contributed by atoms with Crippen LogP contribution in [-0.2, 0) is 19.1 Å². The highest BCUT2D eigenvalue weighted by molar-refractivity contribution is 6.00. The predicted molar refractivity (Wildman–Crippen MR) is 104 cm³/mol. The van der Waals surface area contributed by atoms with Crippen molar-refractivity contribution in [3.63, 3.8) is 0 Å². The van der Waals surface area contributed by atoms with E-state index in [1.54, 1.807) is 45.9 Å². The van der Waals surface area contributed by atoms with Crippen LogP contribution < -0.4 is 14.8 Å². The van der Waals surface area contributed by atoms with E-state index in [9.17, 15) is 9.59 Å². The van der Waals surface area contributed by atoms with Crippen LogP contribution in [0.15, 0.2) is 40.7 Å². The summed E-state index contributed by atoms with van der Waals surface area (Å²) in [6, 6.07) is 5.34. The molecular weight excluding hydrogens is 362 g/mol. The van der Waals surface area contributed by atoms with Crippen molar-refractivity contribution in [3.8, 4) is 11.5 Å². The summed E-state index contributed by atoms with van der Waals surface area (Å²) in [5.41, 5.74) is 2.51. The Labute approximate surface area is 165 Å². The van der Waals surface area contributed by atoms with Crippen molar-refractivity contribution in [2.45, 2.75) is 33.6 Å². The number of esters is 2. The summed E-state index contributed by atoms with van der Waals surface area (Å²) in [6.45, 7) is 7.45. The molecule has 0 unspecified atom stereocenters. The van der Waals surface area contributed by atoms with Crippen molar-refractivity contribution in [2.24, 2.45) is 0 Å². The van der Waals surface area contributed by atoms with Crippen molar-refractivity contribution >= 4 is 11.9 Å². The summed E-state index contributed by atoms with van der Waals surface area (Å²) < 4.78 is 21.5. The summed E-state index contributed by atoms with van der Waals surface area (Å²) in [5, 5.41) is 3.11. The van der Waals surface area contributed by atoms with Crippen molar-refractivity contribution in [1.82, 2.24) is 5.32 Å². The molecule has 1 aromatic carbocycles. The van der Waals surface area contributed by atoms with E-state index in [2.05, 4.69) is 5.32 Å². The van der Waals surface area contributed by atoms with Crippen LogP contribution in [0.4, 0.5) is 0 Å². The maximum absolute atomic E-state index is 12.8. The van der Waals surface area contributed by atoms with E-state index in [1.807, 2.05) is 0 Å². The molecule has 1 N–H and O–H groups in total. The van der Waals surface area contributed by atoms with Crippen molar-refractivity contribution in [1.29, 1.82) is 0 Å². The third-order valence-electron chi connectivity index (χ3n) is 4.50. The van der Waals surface area contributed by atoms with Crippen LogP contribution in [0, 0.1) is 0 Å². The summed E-state index contributed by atoms with van der Waals surface area (Å²) in [7, 11) is 3.05. The number of para-hydroxylation sites is 1. The predicted octanol–water partition coefficient (Wildman–Crippen LogP) is 3.06. The maximum atomic E-state index is 12.8. The zero-order valence-electron chi connectivity index (χ0n) is 17.2. The van der Waals surface area contributed by atoms with Crippen molar-refractivity contribution in [2.75, 3.05) is 27.4 Å². The monoisotopic (exact) mass is 389 g/mol. The summed E-state index contributed by atoms with van der Waals surface area (Å²) in [4.78, 5) is 25.6. The Hall–Kier alpha value is -2.96. The Morgan fingerprint density at radius 1 is 0.929 bits per heavy atom. The molecule has 28 heavy (non-hydrogen) atoms. The second kappa shape index (κ2) is 9.30. The zero-order chi connectivity index (χ0) is 20.8. The Morgan fingerprint density at radius 2 is 1.46 bits per heavy atom. The van der Waals surface area contributed by atoms with Gasteiger partial charge in [-0.05, 0) is 33.8 Å². The molecule has 7 heteroatoms. The van der Waals surface area contributed by atoms with Crippen molar-refractivity contribution < 1.29 is 28.5 Å². The van der Waals surface area contributed by atoms with Gasteiger partial charge in [-0.1, -0.05) is 12.1 Å². The van der Waals surface area contributed by atoms with E-state index in [1.165, 1.54) is 14.2 Å². The molecule has 0 saturated carbocycles. The minimum Gasteiger partial charge on any atom is -0.493 e. The summed E-state index contributed by atoms with van der Waals surface area (Å²) >= 11 is 0. The van der Waals surface area contributed by atoms with Gasteiger partial charge in [-0.25, -0.2) is 9.59 Å². The van der Waals surface area contributed by atoms with Gasteiger partial charge in [-0.3, -0.25) is 0 Å². The molecule has 7 nitrogen and oxygen atoms in total. The molecule has 0 aromatic heterocycles.